The van der Waals surface area contributed by atoms with Crippen LogP contribution >= 0.6 is 11.6 Å². The van der Waals surface area contributed by atoms with Crippen molar-refractivity contribution >= 4 is 17.5 Å². The van der Waals surface area contributed by atoms with Gasteiger partial charge in [-0.1, -0.05) is 44.5 Å². The number of nitrogens with zero attached hydrogens (tertiary/aromatic N) is 1. The number of benzene rings is 1. The maximum atomic E-state index is 12.3. The minimum Gasteiger partial charge on any atom is -0.370 e. The molecule has 1 aliphatic rings. The Morgan fingerprint density at radius 3 is 2.60 bits per heavy atom. The highest BCUT2D eigenvalue weighted by Gasteiger charge is 2.27. The Morgan fingerprint density at radius 1 is 1.35 bits per heavy atom. The Kier molecular flexibility index (Phi) is 4.71. The van der Waals surface area contributed by atoms with Crippen molar-refractivity contribution in [3.8, 4) is 0 Å². The van der Waals surface area contributed by atoms with Crippen molar-refractivity contribution in [2.45, 2.75) is 33.3 Å². The molecule has 1 amide bonds. The molecule has 0 aromatic heterocycles. The van der Waals surface area contributed by atoms with E-state index in [0.717, 1.165) is 5.56 Å². The molecule has 3 nitrogen and oxygen atoms in total. The van der Waals surface area contributed by atoms with Crippen LogP contribution in [0.25, 0.3) is 0 Å². The van der Waals surface area contributed by atoms with Crippen LogP contribution in [0.5, 0.6) is 0 Å². The van der Waals surface area contributed by atoms with Crippen LogP contribution < -0.4 is 0 Å². The summed E-state index contributed by atoms with van der Waals surface area (Å²) in [6, 6.07) is 7.64. The number of amides is 1. The number of hydrogen-bond acceptors (Lipinski definition) is 2. The van der Waals surface area contributed by atoms with Crippen LogP contribution in [-0.2, 0) is 9.53 Å². The Balaban J connectivity index is 2.01. The number of halogens is 1. The molecule has 110 valence electrons. The van der Waals surface area contributed by atoms with E-state index in [2.05, 4.69) is 20.8 Å². The number of hydrogen-bond donors (Lipinski definition) is 0. The van der Waals surface area contributed by atoms with E-state index in [1.54, 1.807) is 0 Å². The van der Waals surface area contributed by atoms with Crippen LogP contribution in [0.1, 0.15) is 38.9 Å². The zero-order valence-electron chi connectivity index (χ0n) is 12.4. The van der Waals surface area contributed by atoms with Gasteiger partial charge in [0.05, 0.1) is 13.2 Å². The first-order valence-corrected chi connectivity index (χ1v) is 7.38. The minimum atomic E-state index is -0.0510. The summed E-state index contributed by atoms with van der Waals surface area (Å²) in [7, 11) is 0. The second-order valence-corrected chi connectivity index (χ2v) is 6.92. The fraction of sp³-hybridized carbons (Fsp3) is 0.562. The van der Waals surface area contributed by atoms with Gasteiger partial charge in [0.15, 0.2) is 0 Å². The maximum absolute atomic E-state index is 12.3. The summed E-state index contributed by atoms with van der Waals surface area (Å²) in [4.78, 5) is 14.2. The van der Waals surface area contributed by atoms with Crippen LogP contribution in [-0.4, -0.2) is 30.5 Å². The van der Waals surface area contributed by atoms with E-state index in [4.69, 9.17) is 16.3 Å². The molecule has 0 aliphatic carbocycles. The Morgan fingerprint density at radius 2 is 2.00 bits per heavy atom. The zero-order chi connectivity index (χ0) is 14.8. The van der Waals surface area contributed by atoms with Crippen molar-refractivity contribution in [2.75, 3.05) is 19.7 Å². The van der Waals surface area contributed by atoms with Crippen LogP contribution in [0.2, 0.25) is 5.02 Å². The summed E-state index contributed by atoms with van der Waals surface area (Å²) in [5.41, 5.74) is 1.09. The molecule has 0 saturated carbocycles. The van der Waals surface area contributed by atoms with Crippen molar-refractivity contribution in [3.63, 3.8) is 0 Å². The van der Waals surface area contributed by atoms with Crippen molar-refractivity contribution in [1.29, 1.82) is 0 Å². The largest absolute Gasteiger partial charge is 0.370 e. The monoisotopic (exact) mass is 295 g/mol. The molecule has 1 unspecified atom stereocenters. The minimum absolute atomic E-state index is 0.0190. The van der Waals surface area contributed by atoms with Gasteiger partial charge in [-0.2, -0.15) is 0 Å². The molecule has 20 heavy (non-hydrogen) atoms. The highest BCUT2D eigenvalue weighted by molar-refractivity contribution is 6.30. The lowest BCUT2D eigenvalue weighted by Crippen LogP contribution is -2.43. The number of carbonyl (C=O) groups excluding carboxylic acids is 1. The van der Waals surface area contributed by atoms with Crippen molar-refractivity contribution in [2.24, 2.45) is 5.41 Å². The molecule has 4 heteroatoms. The van der Waals surface area contributed by atoms with E-state index in [-0.39, 0.29) is 17.4 Å². The first-order valence-electron chi connectivity index (χ1n) is 7.00. The summed E-state index contributed by atoms with van der Waals surface area (Å²) in [6.45, 7) is 8.14. The summed E-state index contributed by atoms with van der Waals surface area (Å²) in [6.07, 6.45) is 0.519. The quantitative estimate of drug-likeness (QED) is 0.833. The number of carbonyl (C=O) groups is 1. The Labute approximate surface area is 125 Å². The molecule has 0 radical (unpaired) electrons. The number of ether oxygens (including phenoxy) is 1. The van der Waals surface area contributed by atoms with Crippen LogP contribution in [0.3, 0.4) is 0 Å². The van der Waals surface area contributed by atoms with Gasteiger partial charge >= 0.3 is 0 Å². The van der Waals surface area contributed by atoms with Crippen molar-refractivity contribution < 1.29 is 9.53 Å². The number of rotatable bonds is 2. The fourth-order valence-electron chi connectivity index (χ4n) is 2.32. The summed E-state index contributed by atoms with van der Waals surface area (Å²) in [5, 5.41) is 0.713. The van der Waals surface area contributed by atoms with E-state index in [1.165, 1.54) is 0 Å². The third kappa shape index (κ3) is 4.22. The normalized spacial score (nSPS) is 20.0. The predicted octanol–water partition coefficient (Wildman–Crippen LogP) is 3.68. The van der Waals surface area contributed by atoms with Gasteiger partial charge < -0.3 is 9.64 Å². The summed E-state index contributed by atoms with van der Waals surface area (Å²) in [5.74, 6) is 0.208. The molecule has 1 heterocycles. The number of morpholine rings is 1. The van der Waals surface area contributed by atoms with Crippen molar-refractivity contribution in [1.82, 2.24) is 4.90 Å². The standard InChI is InChI=1S/C16H22ClNO2/c1-16(2,3)10-15(19)18-8-9-20-14(11-18)12-4-6-13(17)7-5-12/h4-7,14H,8-11H2,1-3H3. The second kappa shape index (κ2) is 6.15. The molecular formula is C16H22ClNO2. The van der Waals surface area contributed by atoms with E-state index >= 15 is 0 Å². The third-order valence-corrected chi connectivity index (χ3v) is 3.59. The molecule has 0 spiro atoms. The molecule has 0 N–H and O–H groups in total. The summed E-state index contributed by atoms with van der Waals surface area (Å²) < 4.78 is 5.78. The average molecular weight is 296 g/mol. The summed E-state index contributed by atoms with van der Waals surface area (Å²) >= 11 is 5.90. The molecule has 2 rings (SSSR count). The van der Waals surface area contributed by atoms with E-state index < -0.39 is 0 Å². The topological polar surface area (TPSA) is 29.5 Å². The molecule has 1 atom stereocenters. The first-order chi connectivity index (χ1) is 9.35. The van der Waals surface area contributed by atoms with Crippen molar-refractivity contribution in [3.05, 3.63) is 34.9 Å². The highest BCUT2D eigenvalue weighted by Crippen LogP contribution is 2.26. The fourth-order valence-corrected chi connectivity index (χ4v) is 2.45. The molecule has 1 fully saturated rings. The van der Waals surface area contributed by atoms with Crippen LogP contribution in [0.15, 0.2) is 24.3 Å². The van der Waals surface area contributed by atoms with Crippen LogP contribution in [0, 0.1) is 5.41 Å². The third-order valence-electron chi connectivity index (χ3n) is 3.34. The molecule has 1 aliphatic heterocycles. The van der Waals surface area contributed by atoms with Gasteiger partial charge in [-0.3, -0.25) is 4.79 Å². The van der Waals surface area contributed by atoms with E-state index in [1.807, 2.05) is 29.2 Å². The average Bonchev–Trinajstić information content (AvgIpc) is 2.38. The molecule has 0 bridgehead atoms. The molecule has 1 aromatic carbocycles. The van der Waals surface area contributed by atoms with Gasteiger partial charge in [0, 0.05) is 18.0 Å². The molecule has 1 aromatic rings. The van der Waals surface area contributed by atoms with Gasteiger partial charge in [-0.15, -0.1) is 0 Å². The lowest BCUT2D eigenvalue weighted by Gasteiger charge is -2.34. The van der Waals surface area contributed by atoms with Crippen LogP contribution in [0.4, 0.5) is 0 Å². The Hall–Kier alpha value is -1.06. The van der Waals surface area contributed by atoms with Gasteiger partial charge in [0.25, 0.3) is 0 Å². The van der Waals surface area contributed by atoms with E-state index in [0.29, 0.717) is 31.1 Å². The molecule has 1 saturated heterocycles. The smallest absolute Gasteiger partial charge is 0.223 e. The second-order valence-electron chi connectivity index (χ2n) is 6.49. The van der Waals surface area contributed by atoms with Gasteiger partial charge in [-0.05, 0) is 23.1 Å². The highest BCUT2D eigenvalue weighted by atomic mass is 35.5. The van der Waals surface area contributed by atoms with Gasteiger partial charge in [-0.25, -0.2) is 0 Å². The zero-order valence-corrected chi connectivity index (χ0v) is 13.1. The van der Waals surface area contributed by atoms with Gasteiger partial charge in [0.1, 0.15) is 6.10 Å². The Bertz CT molecular complexity index is 464. The SMILES string of the molecule is CC(C)(C)CC(=O)N1CCOC(c2ccc(Cl)cc2)C1. The predicted molar refractivity (Wildman–Crippen MR) is 80.8 cm³/mol. The van der Waals surface area contributed by atoms with Gasteiger partial charge in [0.2, 0.25) is 5.91 Å². The lowest BCUT2D eigenvalue weighted by atomic mass is 9.91. The van der Waals surface area contributed by atoms with E-state index in [9.17, 15) is 4.79 Å². The lowest BCUT2D eigenvalue weighted by molar-refractivity contribution is -0.140. The first kappa shape index (κ1) is 15.3. The molecular weight excluding hydrogens is 274 g/mol. The maximum Gasteiger partial charge on any atom is 0.223 e.